The molecule has 0 aliphatic carbocycles. The summed E-state index contributed by atoms with van der Waals surface area (Å²) in [5.41, 5.74) is 0.0558. The maximum Gasteiger partial charge on any atom is 0.261 e. The monoisotopic (exact) mass is 815 g/mol. The molecule has 2 fully saturated rings. The molecule has 2 saturated heterocycles. The largest absolute Gasteiger partial charge is 0.290 e. The van der Waals surface area contributed by atoms with Crippen molar-refractivity contribution in [1.82, 2.24) is 0 Å². The highest BCUT2D eigenvalue weighted by molar-refractivity contribution is 6.34. The van der Waals surface area contributed by atoms with E-state index >= 15 is 14.4 Å². The van der Waals surface area contributed by atoms with E-state index in [-0.39, 0.29) is 11.8 Å². The van der Waals surface area contributed by atoms with Crippen LogP contribution in [-0.4, -0.2) is 23.9 Å². The van der Waals surface area contributed by atoms with E-state index in [1.54, 1.807) is 75.4 Å². The van der Waals surface area contributed by atoms with Gasteiger partial charge in [-0.25, -0.2) is 0 Å². The van der Waals surface area contributed by atoms with Gasteiger partial charge in [0.2, 0.25) is 11.8 Å². The van der Waals surface area contributed by atoms with Crippen molar-refractivity contribution in [2.24, 2.45) is 0 Å². The number of β-lactam (4-membered cyclic amide) rings is 2. The molecule has 282 valence electrons. The Balaban J connectivity index is 1.33. The number of rotatable bonds is 7. The van der Waals surface area contributed by atoms with E-state index in [4.69, 9.17) is 34.8 Å². The summed E-state index contributed by atoms with van der Waals surface area (Å²) in [5, 5.41) is 1.37. The molecule has 0 unspecified atom stereocenters. The summed E-state index contributed by atoms with van der Waals surface area (Å²) < 4.78 is 0. The van der Waals surface area contributed by atoms with Crippen molar-refractivity contribution in [3.63, 3.8) is 0 Å². The first-order chi connectivity index (χ1) is 28.3. The molecular formula is C49H32Cl3N3O3. The summed E-state index contributed by atoms with van der Waals surface area (Å²) in [6.45, 7) is 0. The molecule has 3 aliphatic rings. The number of halogens is 3. The number of nitrogens with zero attached hydrogens (tertiary/aromatic N) is 3. The van der Waals surface area contributed by atoms with Gasteiger partial charge in [-0.3, -0.25) is 29.1 Å². The second-order valence-electron chi connectivity index (χ2n) is 14.7. The van der Waals surface area contributed by atoms with Gasteiger partial charge in [-0.1, -0.05) is 156 Å². The van der Waals surface area contributed by atoms with Crippen LogP contribution in [0, 0.1) is 0 Å². The van der Waals surface area contributed by atoms with Gasteiger partial charge in [-0.05, 0) is 89.0 Å². The molecule has 3 amide bonds. The smallest absolute Gasteiger partial charge is 0.261 e. The second kappa shape index (κ2) is 13.5. The van der Waals surface area contributed by atoms with Crippen LogP contribution in [0.25, 0.3) is 0 Å². The van der Waals surface area contributed by atoms with Gasteiger partial charge in [-0.2, -0.15) is 0 Å². The molecule has 0 bridgehead atoms. The number of hydrogen-bond acceptors (Lipinski definition) is 3. The number of benzene rings is 7. The van der Waals surface area contributed by atoms with Crippen molar-refractivity contribution >= 4 is 69.6 Å². The molecule has 6 nitrogen and oxygen atoms in total. The molecule has 58 heavy (non-hydrogen) atoms. The highest BCUT2D eigenvalue weighted by atomic mass is 35.5. The van der Waals surface area contributed by atoms with Gasteiger partial charge in [0.1, 0.15) is 17.0 Å². The van der Waals surface area contributed by atoms with Crippen LogP contribution in [0.2, 0.25) is 15.1 Å². The Morgan fingerprint density at radius 1 is 0.414 bits per heavy atom. The Morgan fingerprint density at radius 2 is 0.845 bits per heavy atom. The fourth-order valence-electron chi connectivity index (χ4n) is 9.75. The lowest BCUT2D eigenvalue weighted by Crippen LogP contribution is -2.84. The molecule has 3 heterocycles. The molecule has 0 radical (unpaired) electrons. The third-order valence-corrected chi connectivity index (χ3v) is 12.8. The van der Waals surface area contributed by atoms with Crippen molar-refractivity contribution in [3.05, 3.63) is 231 Å². The van der Waals surface area contributed by atoms with Crippen LogP contribution in [0.15, 0.2) is 188 Å². The first kappa shape index (κ1) is 36.2. The van der Waals surface area contributed by atoms with E-state index in [1.807, 2.05) is 127 Å². The number of carbonyl (C=O) groups excluding carboxylic acids is 3. The summed E-state index contributed by atoms with van der Waals surface area (Å²) in [6, 6.07) is 57.4. The first-order valence-corrected chi connectivity index (χ1v) is 20.0. The van der Waals surface area contributed by atoms with Gasteiger partial charge >= 0.3 is 0 Å². The topological polar surface area (TPSA) is 60.9 Å². The lowest BCUT2D eigenvalue weighted by atomic mass is 9.51. The minimum atomic E-state index is -1.75. The fraction of sp³-hybridized carbons (Fsp3) is 0.0816. The summed E-state index contributed by atoms with van der Waals surface area (Å²) in [4.78, 5) is 53.0. The van der Waals surface area contributed by atoms with Crippen molar-refractivity contribution < 1.29 is 14.4 Å². The molecule has 9 heteroatoms. The van der Waals surface area contributed by atoms with Gasteiger partial charge in [0, 0.05) is 32.0 Å². The predicted octanol–water partition coefficient (Wildman–Crippen LogP) is 10.6. The van der Waals surface area contributed by atoms with Crippen LogP contribution >= 0.6 is 34.8 Å². The summed E-state index contributed by atoms with van der Waals surface area (Å²) in [5.74, 6) is -0.928. The lowest BCUT2D eigenvalue weighted by Gasteiger charge is -2.63. The maximum absolute atomic E-state index is 16.9. The Labute approximate surface area is 350 Å². The number of fused-ring (bicyclic) bond motifs is 2. The third kappa shape index (κ3) is 4.65. The molecule has 1 spiro atoms. The van der Waals surface area contributed by atoms with Crippen molar-refractivity contribution in [2.45, 2.75) is 22.5 Å². The van der Waals surface area contributed by atoms with Crippen molar-refractivity contribution in [1.29, 1.82) is 0 Å². The zero-order valence-electron chi connectivity index (χ0n) is 30.7. The van der Waals surface area contributed by atoms with Crippen molar-refractivity contribution in [3.8, 4) is 0 Å². The molecule has 0 N–H and O–H groups in total. The summed E-state index contributed by atoms with van der Waals surface area (Å²) in [7, 11) is 0. The Bertz CT molecular complexity index is 2660. The highest BCUT2D eigenvalue weighted by Crippen LogP contribution is 2.68. The Morgan fingerprint density at radius 3 is 1.33 bits per heavy atom. The molecular weight excluding hydrogens is 785 g/mol. The summed E-state index contributed by atoms with van der Waals surface area (Å²) >= 11 is 19.8. The fourth-order valence-corrected chi connectivity index (χ4v) is 10.2. The molecule has 3 aliphatic heterocycles. The molecule has 7 aromatic rings. The lowest BCUT2D eigenvalue weighted by molar-refractivity contribution is -0.147. The predicted molar refractivity (Wildman–Crippen MR) is 230 cm³/mol. The van der Waals surface area contributed by atoms with Crippen LogP contribution in [0.3, 0.4) is 0 Å². The molecule has 0 aromatic heterocycles. The van der Waals surface area contributed by atoms with Crippen LogP contribution in [-0.2, 0) is 30.8 Å². The van der Waals surface area contributed by atoms with Crippen LogP contribution < -0.4 is 14.7 Å². The minimum absolute atomic E-state index is 0.224. The van der Waals surface area contributed by atoms with Crippen molar-refractivity contribution in [2.75, 3.05) is 14.7 Å². The van der Waals surface area contributed by atoms with Gasteiger partial charge in [0.15, 0.2) is 5.54 Å². The summed E-state index contributed by atoms with van der Waals surface area (Å²) in [6.07, 6.45) is -0.968. The van der Waals surface area contributed by atoms with E-state index in [2.05, 4.69) is 0 Å². The van der Waals surface area contributed by atoms with Gasteiger partial charge in [0.05, 0.1) is 5.69 Å². The van der Waals surface area contributed by atoms with E-state index in [0.29, 0.717) is 59.9 Å². The standard InChI is InChI=1S/C49H32Cl3N3O3/c50-36-21-26-39(27-22-36)53-43(47(44(53)56,32-13-5-1-6-14-32)33-15-7-2-8-16-33)54-42-30-25-38(52)31-41(42)49(46(54)58)48(34-17-9-3-10-18-34,35-19-11-4-12-20-35)45(57)55(49)40-28-23-37(51)24-29-40/h1-31,43H/t43-,49+/m0/s1. The number of anilines is 3. The number of hydrogen-bond donors (Lipinski definition) is 0. The van der Waals surface area contributed by atoms with Crippen LogP contribution in [0.1, 0.15) is 27.8 Å². The Kier molecular flexibility index (Phi) is 8.39. The highest BCUT2D eigenvalue weighted by Gasteiger charge is 2.82. The van der Waals surface area contributed by atoms with Crippen LogP contribution in [0.5, 0.6) is 0 Å². The average Bonchev–Trinajstić information content (AvgIpc) is 3.51. The quantitative estimate of drug-likeness (QED) is 0.151. The number of carbonyl (C=O) groups is 3. The van der Waals surface area contributed by atoms with E-state index in [1.165, 1.54) is 0 Å². The molecule has 0 saturated carbocycles. The first-order valence-electron chi connectivity index (χ1n) is 18.8. The number of amides is 3. The van der Waals surface area contributed by atoms with Crippen LogP contribution in [0.4, 0.5) is 17.1 Å². The molecule has 7 aromatic carbocycles. The minimum Gasteiger partial charge on any atom is -0.290 e. The zero-order valence-corrected chi connectivity index (χ0v) is 32.9. The van der Waals surface area contributed by atoms with Gasteiger partial charge < -0.3 is 0 Å². The molecule has 2 atom stereocenters. The SMILES string of the molecule is O=C1N(c2ccc(Cl)cc2)[C@@H](N2C(=O)[C@@]3(c4cc(Cl)ccc42)N(c2ccc(Cl)cc2)C(=O)C3(c2ccccc2)c2ccccc2)C1(c1ccccc1)c1ccccc1. The van der Waals surface area contributed by atoms with E-state index < -0.39 is 28.4 Å². The average molecular weight is 817 g/mol. The normalized spacial score (nSPS) is 20.2. The molecule has 10 rings (SSSR count). The van der Waals surface area contributed by atoms with Gasteiger partial charge in [0.25, 0.3) is 5.91 Å². The van der Waals surface area contributed by atoms with E-state index in [0.717, 1.165) is 0 Å². The zero-order chi connectivity index (χ0) is 39.8. The third-order valence-electron chi connectivity index (χ3n) is 12.0. The Hall–Kier alpha value is -6.18. The second-order valence-corrected chi connectivity index (χ2v) is 16.0. The van der Waals surface area contributed by atoms with Gasteiger partial charge in [-0.15, -0.1) is 0 Å². The van der Waals surface area contributed by atoms with E-state index in [9.17, 15) is 0 Å². The maximum atomic E-state index is 16.9.